The van der Waals surface area contributed by atoms with Gasteiger partial charge in [0.05, 0.1) is 5.69 Å². The minimum Gasteiger partial charge on any atom is -0.347 e. The van der Waals surface area contributed by atoms with Crippen molar-refractivity contribution in [2.45, 2.75) is 32.4 Å². The maximum atomic E-state index is 5.71. The van der Waals surface area contributed by atoms with Gasteiger partial charge in [-0.3, -0.25) is 0 Å². The van der Waals surface area contributed by atoms with E-state index in [1.807, 2.05) is 6.92 Å². The quantitative estimate of drug-likeness (QED) is 0.886. The number of piperidine rings is 1. The molecule has 0 saturated carbocycles. The molecule has 0 aliphatic carbocycles. The molecular weight excluding hydrogens is 232 g/mol. The highest BCUT2D eigenvalue weighted by Gasteiger charge is 2.23. The van der Waals surface area contributed by atoms with Crippen LogP contribution in [-0.2, 0) is 6.54 Å². The van der Waals surface area contributed by atoms with E-state index in [-0.39, 0.29) is 0 Å². The number of rotatable bonds is 3. The third-order valence-electron chi connectivity index (χ3n) is 3.52. The van der Waals surface area contributed by atoms with Crippen LogP contribution in [0.1, 0.15) is 23.4 Å². The number of nitrogens with two attached hydrogens (primary N) is 1. The van der Waals surface area contributed by atoms with Crippen molar-refractivity contribution in [1.82, 2.24) is 9.88 Å². The zero-order valence-electron chi connectivity index (χ0n) is 10.9. The van der Waals surface area contributed by atoms with Gasteiger partial charge in [-0.1, -0.05) is 0 Å². The first-order valence-corrected chi connectivity index (χ1v) is 7.01. The van der Waals surface area contributed by atoms with Gasteiger partial charge in [0.25, 0.3) is 0 Å². The minimum absolute atomic E-state index is 0.588. The first kappa shape index (κ1) is 12.8. The Morgan fingerprint density at radius 1 is 1.59 bits per heavy atom. The Labute approximate surface area is 107 Å². The van der Waals surface area contributed by atoms with Crippen molar-refractivity contribution in [3.63, 3.8) is 0 Å². The Kier molecular flexibility index (Phi) is 4.01. The Bertz CT molecular complexity index is 377. The lowest BCUT2D eigenvalue weighted by molar-refractivity contribution is 0.248. The van der Waals surface area contributed by atoms with Crippen molar-refractivity contribution in [3.8, 4) is 0 Å². The molecule has 5 heteroatoms. The summed E-state index contributed by atoms with van der Waals surface area (Å²) in [4.78, 5) is 10.6. The van der Waals surface area contributed by atoms with Gasteiger partial charge in [0.1, 0.15) is 0 Å². The van der Waals surface area contributed by atoms with Gasteiger partial charge < -0.3 is 15.5 Å². The fourth-order valence-electron chi connectivity index (χ4n) is 2.36. The number of hydrogen-bond acceptors (Lipinski definition) is 5. The summed E-state index contributed by atoms with van der Waals surface area (Å²) in [7, 11) is 4.35. The van der Waals surface area contributed by atoms with Gasteiger partial charge in [0.15, 0.2) is 5.13 Å². The van der Waals surface area contributed by atoms with Crippen LogP contribution in [0.15, 0.2) is 0 Å². The van der Waals surface area contributed by atoms with Crippen molar-refractivity contribution >= 4 is 16.5 Å². The Morgan fingerprint density at radius 3 is 2.94 bits per heavy atom. The number of likely N-dealkylation sites (N-methyl/N-ethyl adjacent to an activating group) is 2. The Hall–Kier alpha value is -0.650. The molecule has 1 saturated heterocycles. The third-order valence-corrected chi connectivity index (χ3v) is 4.79. The Balaban J connectivity index is 2.09. The zero-order chi connectivity index (χ0) is 12.4. The summed E-state index contributed by atoms with van der Waals surface area (Å²) >= 11 is 1.73. The van der Waals surface area contributed by atoms with Gasteiger partial charge in [-0.15, -0.1) is 11.3 Å². The summed E-state index contributed by atoms with van der Waals surface area (Å²) in [6.45, 7) is 4.99. The molecule has 1 unspecified atom stereocenters. The predicted octanol–water partition coefficient (Wildman–Crippen LogP) is 1.44. The number of hydrogen-bond donors (Lipinski definition) is 1. The molecule has 2 rings (SSSR count). The molecular formula is C12H22N4S. The molecule has 0 spiro atoms. The molecule has 1 aromatic heterocycles. The number of thiazole rings is 1. The minimum atomic E-state index is 0.588. The molecule has 0 amide bonds. The van der Waals surface area contributed by atoms with E-state index in [0.717, 1.165) is 17.4 Å². The second-order valence-electron chi connectivity index (χ2n) is 4.88. The first-order valence-electron chi connectivity index (χ1n) is 6.19. The van der Waals surface area contributed by atoms with E-state index >= 15 is 0 Å². The largest absolute Gasteiger partial charge is 0.347 e. The van der Waals surface area contributed by atoms with Gasteiger partial charge in [-0.2, -0.15) is 0 Å². The summed E-state index contributed by atoms with van der Waals surface area (Å²) in [5.74, 6) is 0. The van der Waals surface area contributed by atoms with Crippen LogP contribution in [0.2, 0.25) is 0 Å². The second kappa shape index (κ2) is 5.33. The van der Waals surface area contributed by atoms with Gasteiger partial charge in [0.2, 0.25) is 0 Å². The van der Waals surface area contributed by atoms with Crippen molar-refractivity contribution in [2.75, 3.05) is 32.1 Å². The third kappa shape index (κ3) is 2.78. The lowest BCUT2D eigenvalue weighted by atomic mass is 10.1. The zero-order valence-corrected chi connectivity index (χ0v) is 11.8. The fraction of sp³-hybridized carbons (Fsp3) is 0.750. The molecule has 17 heavy (non-hydrogen) atoms. The fourth-order valence-corrected chi connectivity index (χ4v) is 3.34. The van der Waals surface area contributed by atoms with Crippen LogP contribution in [0.3, 0.4) is 0 Å². The predicted molar refractivity (Wildman–Crippen MR) is 73.7 cm³/mol. The van der Waals surface area contributed by atoms with Crippen LogP contribution >= 0.6 is 11.3 Å². The first-order chi connectivity index (χ1) is 8.11. The summed E-state index contributed by atoms with van der Waals surface area (Å²) in [6.07, 6.45) is 2.54. The van der Waals surface area contributed by atoms with E-state index in [4.69, 9.17) is 5.73 Å². The average Bonchev–Trinajstić information content (AvgIpc) is 2.69. The molecule has 1 aliphatic heterocycles. The molecule has 2 N–H and O–H groups in total. The summed E-state index contributed by atoms with van der Waals surface area (Å²) in [5.41, 5.74) is 6.79. The van der Waals surface area contributed by atoms with Crippen LogP contribution < -0.4 is 10.6 Å². The van der Waals surface area contributed by atoms with Crippen molar-refractivity contribution in [2.24, 2.45) is 5.73 Å². The van der Waals surface area contributed by atoms with Crippen molar-refractivity contribution in [1.29, 1.82) is 0 Å². The highest BCUT2D eigenvalue weighted by molar-refractivity contribution is 7.15. The van der Waals surface area contributed by atoms with Gasteiger partial charge in [0, 0.05) is 31.1 Å². The summed E-state index contributed by atoms with van der Waals surface area (Å²) in [6, 6.07) is 0.588. The molecule has 0 aromatic carbocycles. The van der Waals surface area contributed by atoms with Gasteiger partial charge in [-0.25, -0.2) is 4.98 Å². The average molecular weight is 254 g/mol. The number of nitrogens with zero attached hydrogens (tertiary/aromatic N) is 3. The molecule has 1 aromatic rings. The highest BCUT2D eigenvalue weighted by atomic mass is 32.1. The molecule has 1 aliphatic rings. The van der Waals surface area contributed by atoms with Crippen LogP contribution in [0.4, 0.5) is 5.13 Å². The smallest absolute Gasteiger partial charge is 0.185 e. The van der Waals surface area contributed by atoms with E-state index in [1.165, 1.54) is 24.3 Å². The monoisotopic (exact) mass is 254 g/mol. The molecule has 4 nitrogen and oxygen atoms in total. The van der Waals surface area contributed by atoms with Crippen LogP contribution in [0.5, 0.6) is 0 Å². The molecule has 96 valence electrons. The van der Waals surface area contributed by atoms with E-state index in [9.17, 15) is 0 Å². The van der Waals surface area contributed by atoms with E-state index < -0.39 is 0 Å². The van der Waals surface area contributed by atoms with Gasteiger partial charge >= 0.3 is 0 Å². The highest BCUT2D eigenvalue weighted by Crippen LogP contribution is 2.28. The number of likely N-dealkylation sites (tertiary alicyclic amines) is 1. The molecule has 1 fully saturated rings. The summed E-state index contributed by atoms with van der Waals surface area (Å²) in [5, 5.41) is 1.11. The van der Waals surface area contributed by atoms with Gasteiger partial charge in [-0.05, 0) is 33.4 Å². The topological polar surface area (TPSA) is 45.4 Å². The van der Waals surface area contributed by atoms with E-state index in [1.54, 1.807) is 11.3 Å². The molecule has 0 radical (unpaired) electrons. The maximum Gasteiger partial charge on any atom is 0.185 e. The lowest BCUT2D eigenvalue weighted by Crippen LogP contribution is -2.45. The lowest BCUT2D eigenvalue weighted by Gasteiger charge is -2.35. The van der Waals surface area contributed by atoms with Crippen LogP contribution in [0.25, 0.3) is 0 Å². The second-order valence-corrected chi connectivity index (χ2v) is 5.94. The maximum absolute atomic E-state index is 5.71. The summed E-state index contributed by atoms with van der Waals surface area (Å²) < 4.78 is 0. The van der Waals surface area contributed by atoms with Crippen LogP contribution in [0, 0.1) is 6.92 Å². The normalized spacial score (nSPS) is 21.8. The standard InChI is InChI=1S/C12H22N4S/c1-9-11(7-13)17-12(14-9)16(3)10-5-4-6-15(2)8-10/h10H,4-8,13H2,1-3H3. The van der Waals surface area contributed by atoms with E-state index in [2.05, 4.69) is 28.9 Å². The van der Waals surface area contributed by atoms with Crippen molar-refractivity contribution in [3.05, 3.63) is 10.6 Å². The molecule has 1 atom stereocenters. The number of aryl methyl sites for hydroxylation is 1. The SMILES string of the molecule is Cc1nc(N(C)C2CCCN(C)C2)sc1CN. The number of anilines is 1. The van der Waals surface area contributed by atoms with Crippen molar-refractivity contribution < 1.29 is 0 Å². The molecule has 2 heterocycles. The number of aromatic nitrogens is 1. The molecule has 0 bridgehead atoms. The van der Waals surface area contributed by atoms with E-state index in [0.29, 0.717) is 12.6 Å². The Morgan fingerprint density at radius 2 is 2.35 bits per heavy atom. The van der Waals surface area contributed by atoms with Crippen LogP contribution in [-0.4, -0.2) is 43.1 Å².